The zero-order valence-corrected chi connectivity index (χ0v) is 20.4. The second-order valence-electron chi connectivity index (χ2n) is 7.36. The SMILES string of the molecule is COc1cc(C(=O)NCc2ccccc2Cl)c(N(Cc2ccccc2F)S(C)(=O)=O)cc1OC. The van der Waals surface area contributed by atoms with E-state index in [0.29, 0.717) is 10.6 Å². The number of halogens is 2. The van der Waals surface area contributed by atoms with Crippen LogP contribution >= 0.6 is 11.6 Å². The van der Waals surface area contributed by atoms with E-state index in [1.54, 1.807) is 30.3 Å². The number of benzene rings is 3. The van der Waals surface area contributed by atoms with E-state index in [1.807, 2.05) is 0 Å². The molecule has 0 radical (unpaired) electrons. The molecule has 1 N–H and O–H groups in total. The maximum absolute atomic E-state index is 14.4. The summed E-state index contributed by atoms with van der Waals surface area (Å²) in [5.41, 5.74) is 0.850. The highest BCUT2D eigenvalue weighted by molar-refractivity contribution is 7.92. The minimum atomic E-state index is -3.94. The van der Waals surface area contributed by atoms with Crippen LogP contribution in [0.3, 0.4) is 0 Å². The molecule has 180 valence electrons. The smallest absolute Gasteiger partial charge is 0.253 e. The van der Waals surface area contributed by atoms with Gasteiger partial charge in [-0.3, -0.25) is 9.10 Å². The Hall–Kier alpha value is -3.30. The second kappa shape index (κ2) is 10.8. The zero-order chi connectivity index (χ0) is 24.9. The molecule has 10 heteroatoms. The summed E-state index contributed by atoms with van der Waals surface area (Å²) in [4.78, 5) is 13.2. The van der Waals surface area contributed by atoms with Crippen LogP contribution in [0.4, 0.5) is 10.1 Å². The zero-order valence-electron chi connectivity index (χ0n) is 18.8. The fourth-order valence-corrected chi connectivity index (χ4v) is 4.42. The van der Waals surface area contributed by atoms with Crippen LogP contribution in [0.15, 0.2) is 60.7 Å². The molecule has 3 aromatic carbocycles. The summed E-state index contributed by atoms with van der Waals surface area (Å²) < 4.78 is 51.5. The van der Waals surface area contributed by atoms with Crippen molar-refractivity contribution >= 4 is 33.2 Å². The number of carbonyl (C=O) groups is 1. The third-order valence-corrected chi connectivity index (χ3v) is 6.58. The lowest BCUT2D eigenvalue weighted by Crippen LogP contribution is -2.33. The van der Waals surface area contributed by atoms with Gasteiger partial charge in [-0.15, -0.1) is 0 Å². The number of sulfonamides is 1. The van der Waals surface area contributed by atoms with Gasteiger partial charge in [0.15, 0.2) is 11.5 Å². The van der Waals surface area contributed by atoms with E-state index in [4.69, 9.17) is 21.1 Å². The lowest BCUT2D eigenvalue weighted by atomic mass is 10.1. The van der Waals surface area contributed by atoms with E-state index in [9.17, 15) is 17.6 Å². The van der Waals surface area contributed by atoms with E-state index in [1.165, 1.54) is 44.6 Å². The van der Waals surface area contributed by atoms with Crippen molar-refractivity contribution in [1.82, 2.24) is 5.32 Å². The number of hydrogen-bond donors (Lipinski definition) is 1. The van der Waals surface area contributed by atoms with Crippen molar-refractivity contribution in [1.29, 1.82) is 0 Å². The molecular formula is C24H24ClFN2O5S. The summed E-state index contributed by atoms with van der Waals surface area (Å²) in [5, 5.41) is 3.23. The lowest BCUT2D eigenvalue weighted by Gasteiger charge is -2.26. The molecule has 0 aliphatic heterocycles. The quantitative estimate of drug-likeness (QED) is 0.465. The molecule has 3 aromatic rings. The number of rotatable bonds is 9. The molecule has 0 fully saturated rings. The number of hydrogen-bond acceptors (Lipinski definition) is 5. The standard InChI is InChI=1S/C24H24ClFN2O5S/c1-32-22-12-18(24(29)27-14-16-8-4-6-10-19(16)25)21(13-23(22)33-2)28(34(3,30)31)15-17-9-5-7-11-20(17)26/h4-13H,14-15H2,1-3H3,(H,27,29). The van der Waals surface area contributed by atoms with Crippen molar-refractivity contribution in [3.63, 3.8) is 0 Å². The monoisotopic (exact) mass is 506 g/mol. The maximum atomic E-state index is 14.4. The van der Waals surface area contributed by atoms with Gasteiger partial charge in [-0.05, 0) is 23.8 Å². The third-order valence-electron chi connectivity index (χ3n) is 5.08. The van der Waals surface area contributed by atoms with Crippen LogP contribution in [0.5, 0.6) is 11.5 Å². The Balaban J connectivity index is 2.08. The van der Waals surface area contributed by atoms with Gasteiger partial charge >= 0.3 is 0 Å². The van der Waals surface area contributed by atoms with Gasteiger partial charge in [-0.2, -0.15) is 0 Å². The van der Waals surface area contributed by atoms with Gasteiger partial charge in [0.05, 0.1) is 38.3 Å². The number of methoxy groups -OCH3 is 2. The summed E-state index contributed by atoms with van der Waals surface area (Å²) in [6.45, 7) is -0.218. The number of nitrogens with zero attached hydrogens (tertiary/aromatic N) is 1. The van der Waals surface area contributed by atoms with Gasteiger partial charge < -0.3 is 14.8 Å². The Morgan fingerprint density at radius 1 is 1.00 bits per heavy atom. The molecule has 0 aliphatic carbocycles. The fraction of sp³-hybridized carbons (Fsp3) is 0.208. The van der Waals surface area contributed by atoms with Crippen LogP contribution in [-0.2, 0) is 23.1 Å². The van der Waals surface area contributed by atoms with E-state index in [0.717, 1.165) is 10.6 Å². The second-order valence-corrected chi connectivity index (χ2v) is 9.67. The average Bonchev–Trinajstić information content (AvgIpc) is 2.81. The summed E-state index contributed by atoms with van der Waals surface area (Å²) in [6, 6.07) is 15.6. The number of nitrogens with one attached hydrogen (secondary N) is 1. The van der Waals surface area contributed by atoms with Crippen LogP contribution < -0.4 is 19.1 Å². The molecule has 0 aromatic heterocycles. The van der Waals surface area contributed by atoms with Gasteiger partial charge in [-0.25, -0.2) is 12.8 Å². The van der Waals surface area contributed by atoms with Crippen molar-refractivity contribution in [2.45, 2.75) is 13.1 Å². The molecule has 0 aliphatic rings. The van der Waals surface area contributed by atoms with Gasteiger partial charge in [0.25, 0.3) is 5.91 Å². The highest BCUT2D eigenvalue weighted by Gasteiger charge is 2.27. The van der Waals surface area contributed by atoms with E-state index >= 15 is 0 Å². The van der Waals surface area contributed by atoms with Gasteiger partial charge in [0, 0.05) is 23.2 Å². The maximum Gasteiger partial charge on any atom is 0.253 e. The first-order valence-electron chi connectivity index (χ1n) is 10.1. The number of carbonyl (C=O) groups excluding carboxylic acids is 1. The van der Waals surface area contributed by atoms with E-state index < -0.39 is 21.7 Å². The summed E-state index contributed by atoms with van der Waals surface area (Å²) in [6.07, 6.45) is 0.982. The number of amides is 1. The first-order chi connectivity index (χ1) is 16.2. The molecule has 0 saturated carbocycles. The highest BCUT2D eigenvalue weighted by Crippen LogP contribution is 2.37. The molecule has 1 amide bonds. The van der Waals surface area contributed by atoms with Crippen molar-refractivity contribution in [3.05, 3.63) is 88.2 Å². The van der Waals surface area contributed by atoms with Crippen molar-refractivity contribution < 1.29 is 27.1 Å². The topological polar surface area (TPSA) is 84.9 Å². The minimum Gasteiger partial charge on any atom is -0.493 e. The van der Waals surface area contributed by atoms with Crippen LogP contribution in [0.2, 0.25) is 5.02 Å². The third kappa shape index (κ3) is 5.78. The molecule has 34 heavy (non-hydrogen) atoms. The van der Waals surface area contributed by atoms with Gasteiger partial charge in [0.2, 0.25) is 10.0 Å². The normalized spacial score (nSPS) is 11.1. The molecule has 3 rings (SSSR count). The average molecular weight is 507 g/mol. The van der Waals surface area contributed by atoms with Crippen LogP contribution in [0.1, 0.15) is 21.5 Å². The van der Waals surface area contributed by atoms with Gasteiger partial charge in [0.1, 0.15) is 5.82 Å². The van der Waals surface area contributed by atoms with E-state index in [-0.39, 0.29) is 41.4 Å². The minimum absolute atomic E-state index is 0.00599. The molecule has 0 unspecified atom stereocenters. The predicted octanol–water partition coefficient (Wildman–Crippen LogP) is 4.39. The molecule has 0 bridgehead atoms. The van der Waals surface area contributed by atoms with Crippen LogP contribution in [-0.4, -0.2) is 34.8 Å². The van der Waals surface area contributed by atoms with Crippen LogP contribution in [0.25, 0.3) is 0 Å². The summed E-state index contributed by atoms with van der Waals surface area (Å²) in [5.74, 6) is -0.699. The number of anilines is 1. The lowest BCUT2D eigenvalue weighted by molar-refractivity contribution is 0.0951. The van der Waals surface area contributed by atoms with Gasteiger partial charge in [-0.1, -0.05) is 48.0 Å². The highest BCUT2D eigenvalue weighted by atomic mass is 35.5. The molecule has 0 atom stereocenters. The number of ether oxygens (including phenoxy) is 2. The Labute approximate surface area is 203 Å². The molecule has 7 nitrogen and oxygen atoms in total. The van der Waals surface area contributed by atoms with Crippen LogP contribution in [0, 0.1) is 5.82 Å². The Bertz CT molecular complexity index is 1300. The fourth-order valence-electron chi connectivity index (χ4n) is 3.33. The summed E-state index contributed by atoms with van der Waals surface area (Å²) in [7, 11) is -1.15. The van der Waals surface area contributed by atoms with E-state index in [2.05, 4.69) is 5.32 Å². The largest absolute Gasteiger partial charge is 0.493 e. The van der Waals surface area contributed by atoms with Crippen molar-refractivity contribution in [3.8, 4) is 11.5 Å². The molecule has 0 spiro atoms. The van der Waals surface area contributed by atoms with Crippen molar-refractivity contribution in [2.24, 2.45) is 0 Å². The summed E-state index contributed by atoms with van der Waals surface area (Å²) >= 11 is 6.18. The first-order valence-corrected chi connectivity index (χ1v) is 12.4. The Morgan fingerprint density at radius 2 is 1.59 bits per heavy atom. The first kappa shape index (κ1) is 25.3. The predicted molar refractivity (Wildman–Crippen MR) is 130 cm³/mol. The molecule has 0 heterocycles. The Kier molecular flexibility index (Phi) is 8.01. The molecular weight excluding hydrogens is 483 g/mol. The Morgan fingerprint density at radius 3 is 2.18 bits per heavy atom. The molecule has 0 saturated heterocycles. The van der Waals surface area contributed by atoms with Crippen molar-refractivity contribution in [2.75, 3.05) is 24.8 Å².